The summed E-state index contributed by atoms with van der Waals surface area (Å²) in [6.45, 7) is 8.47. The summed E-state index contributed by atoms with van der Waals surface area (Å²) in [7, 11) is 3.80. The number of nitrogens with one attached hydrogen (secondary N) is 2. The molecule has 1 aromatic carbocycles. The summed E-state index contributed by atoms with van der Waals surface area (Å²) < 4.78 is 7.66. The number of ether oxygens (including phenoxy) is 1. The number of fused-ring (bicyclic) bond motifs is 1. The van der Waals surface area contributed by atoms with Crippen molar-refractivity contribution in [2.75, 3.05) is 26.0 Å². The van der Waals surface area contributed by atoms with Gasteiger partial charge in [0.2, 0.25) is 0 Å². The lowest BCUT2D eigenvalue weighted by Crippen LogP contribution is -2.34. The first-order valence-electron chi connectivity index (χ1n) is 12.0. The molecule has 182 valence electrons. The Morgan fingerprint density at radius 3 is 2.68 bits per heavy atom. The van der Waals surface area contributed by atoms with Crippen LogP contribution in [-0.2, 0) is 13.0 Å². The Labute approximate surface area is 206 Å². The number of nitrogens with zero attached hydrogens (tertiary/aromatic N) is 2. The molecule has 2 aromatic heterocycles. The third-order valence-electron chi connectivity index (χ3n) is 6.40. The highest BCUT2D eigenvalue weighted by molar-refractivity contribution is 7.15. The molecule has 4 rings (SSSR count). The minimum atomic E-state index is -0.205. The van der Waals surface area contributed by atoms with Gasteiger partial charge in [0.05, 0.1) is 18.8 Å². The van der Waals surface area contributed by atoms with Gasteiger partial charge in [0.15, 0.2) is 0 Å². The number of aryl methyl sites for hydroxylation is 1. The number of carbonyl (C=O) groups is 1. The number of benzene rings is 1. The normalized spacial score (nSPS) is 14.6. The molecule has 0 unspecified atom stereocenters. The van der Waals surface area contributed by atoms with Crippen LogP contribution in [0.25, 0.3) is 5.00 Å². The maximum Gasteiger partial charge on any atom is 0.319 e. The molecule has 0 fully saturated rings. The number of likely N-dealkylation sites (N-methyl/N-ethyl adjacent to an activating group) is 1. The van der Waals surface area contributed by atoms with Crippen LogP contribution in [0.4, 0.5) is 10.5 Å². The highest BCUT2D eigenvalue weighted by atomic mass is 32.1. The third kappa shape index (κ3) is 5.47. The maximum absolute atomic E-state index is 13.3. The number of urea groups is 1. The lowest BCUT2D eigenvalue weighted by atomic mass is 9.92. The molecular weight excluding hydrogens is 444 g/mol. The zero-order valence-electron chi connectivity index (χ0n) is 20.9. The number of thiophene rings is 1. The smallest absolute Gasteiger partial charge is 0.319 e. The van der Waals surface area contributed by atoms with Crippen molar-refractivity contribution in [3.63, 3.8) is 0 Å². The second-order valence-electron chi connectivity index (χ2n) is 9.63. The van der Waals surface area contributed by atoms with E-state index in [0.29, 0.717) is 17.4 Å². The molecule has 1 aliphatic heterocycles. The van der Waals surface area contributed by atoms with Crippen molar-refractivity contribution < 1.29 is 9.53 Å². The Morgan fingerprint density at radius 2 is 1.97 bits per heavy atom. The summed E-state index contributed by atoms with van der Waals surface area (Å²) >= 11 is 1.85. The molecule has 0 saturated carbocycles. The first kappa shape index (κ1) is 24.4. The van der Waals surface area contributed by atoms with Gasteiger partial charge in [-0.2, -0.15) is 0 Å². The van der Waals surface area contributed by atoms with E-state index in [2.05, 4.69) is 65.5 Å². The van der Waals surface area contributed by atoms with Crippen LogP contribution >= 0.6 is 11.3 Å². The molecule has 0 saturated heterocycles. The Morgan fingerprint density at radius 1 is 1.21 bits per heavy atom. The van der Waals surface area contributed by atoms with Gasteiger partial charge in [-0.25, -0.2) is 4.79 Å². The molecule has 1 atom stereocenters. The quantitative estimate of drug-likeness (QED) is 0.407. The molecule has 0 aliphatic carbocycles. The van der Waals surface area contributed by atoms with E-state index in [1.54, 1.807) is 7.11 Å². The Kier molecular flexibility index (Phi) is 7.63. The maximum atomic E-state index is 13.3. The van der Waals surface area contributed by atoms with Crippen LogP contribution in [-0.4, -0.2) is 36.2 Å². The molecule has 0 radical (unpaired) electrons. The van der Waals surface area contributed by atoms with Gasteiger partial charge in [-0.15, -0.1) is 11.3 Å². The fourth-order valence-electron chi connectivity index (χ4n) is 4.59. The van der Waals surface area contributed by atoms with Gasteiger partial charge in [-0.1, -0.05) is 19.9 Å². The number of methoxy groups -OCH3 is 1. The minimum absolute atomic E-state index is 0.0704. The lowest BCUT2D eigenvalue weighted by Gasteiger charge is -2.26. The summed E-state index contributed by atoms with van der Waals surface area (Å²) in [4.78, 5) is 17.0. The van der Waals surface area contributed by atoms with Crippen LogP contribution < -0.4 is 15.4 Å². The van der Waals surface area contributed by atoms with Crippen LogP contribution in [0.5, 0.6) is 5.75 Å². The van der Waals surface area contributed by atoms with Crippen molar-refractivity contribution in [2.24, 2.45) is 5.92 Å². The number of aromatic nitrogens is 1. The van der Waals surface area contributed by atoms with E-state index in [4.69, 9.17) is 4.74 Å². The fourth-order valence-corrected chi connectivity index (χ4v) is 6.04. The lowest BCUT2D eigenvalue weighted by molar-refractivity contribution is 0.247. The summed E-state index contributed by atoms with van der Waals surface area (Å²) in [5.41, 5.74) is 4.44. The van der Waals surface area contributed by atoms with Crippen LogP contribution in [0.2, 0.25) is 0 Å². The van der Waals surface area contributed by atoms with Gasteiger partial charge in [-0.3, -0.25) is 0 Å². The van der Waals surface area contributed by atoms with Gasteiger partial charge < -0.3 is 24.8 Å². The molecule has 2 N–H and O–H groups in total. The standard InChI is InChI=1S/C27H36N4O2S/c1-18(2)8-10-21(28-27(32)29-22-16-19(3)9-11-23(22)33-5)25-20-12-15-30(4)17-24(20)34-26(25)31-13-6-7-14-31/h6-7,9,11,13-14,16,18,21H,8,10,12,15,17H2,1-5H3,(H2,28,29,32)/t21-/m1/s1. The molecule has 3 heterocycles. The summed E-state index contributed by atoms with van der Waals surface area (Å²) in [6, 6.07) is 9.64. The number of hydrogen-bond acceptors (Lipinski definition) is 4. The molecule has 6 nitrogen and oxygen atoms in total. The van der Waals surface area contributed by atoms with E-state index in [-0.39, 0.29) is 12.1 Å². The van der Waals surface area contributed by atoms with E-state index >= 15 is 0 Å². The van der Waals surface area contributed by atoms with Gasteiger partial charge >= 0.3 is 6.03 Å². The number of anilines is 1. The molecule has 0 spiro atoms. The van der Waals surface area contributed by atoms with E-state index in [1.165, 1.54) is 21.0 Å². The van der Waals surface area contributed by atoms with Crippen molar-refractivity contribution in [2.45, 2.75) is 52.6 Å². The Balaban J connectivity index is 1.68. The summed E-state index contributed by atoms with van der Waals surface area (Å²) in [5.74, 6) is 1.21. The summed E-state index contributed by atoms with van der Waals surface area (Å²) in [6.07, 6.45) is 7.13. The second-order valence-corrected chi connectivity index (χ2v) is 10.7. The predicted octanol–water partition coefficient (Wildman–Crippen LogP) is 6.14. The summed E-state index contributed by atoms with van der Waals surface area (Å²) in [5, 5.41) is 7.58. The van der Waals surface area contributed by atoms with E-state index in [0.717, 1.165) is 37.9 Å². The largest absolute Gasteiger partial charge is 0.495 e. The first-order chi connectivity index (χ1) is 16.4. The average Bonchev–Trinajstić information content (AvgIpc) is 3.44. The fraction of sp³-hybridized carbons (Fsp3) is 0.444. The molecule has 34 heavy (non-hydrogen) atoms. The van der Waals surface area contributed by atoms with Crippen molar-refractivity contribution in [1.29, 1.82) is 0 Å². The first-order valence-corrected chi connectivity index (χ1v) is 12.9. The highest BCUT2D eigenvalue weighted by Gasteiger charge is 2.29. The van der Waals surface area contributed by atoms with Crippen LogP contribution in [0.3, 0.4) is 0 Å². The topological polar surface area (TPSA) is 58.5 Å². The number of amides is 2. The SMILES string of the molecule is COc1ccc(C)cc1NC(=O)N[C@H](CCC(C)C)c1c(-n2cccc2)sc2c1CCN(C)C2. The molecule has 0 bridgehead atoms. The Bertz CT molecular complexity index is 1120. The van der Waals surface area contributed by atoms with Gasteiger partial charge in [0.1, 0.15) is 10.8 Å². The predicted molar refractivity (Wildman–Crippen MR) is 140 cm³/mol. The van der Waals surface area contributed by atoms with Crippen molar-refractivity contribution >= 4 is 23.1 Å². The van der Waals surface area contributed by atoms with Crippen LogP contribution in [0, 0.1) is 12.8 Å². The zero-order chi connectivity index (χ0) is 24.2. The van der Waals surface area contributed by atoms with Crippen molar-refractivity contribution in [3.05, 3.63) is 64.3 Å². The average molecular weight is 481 g/mol. The van der Waals surface area contributed by atoms with Crippen LogP contribution in [0.15, 0.2) is 42.7 Å². The van der Waals surface area contributed by atoms with Gasteiger partial charge in [-0.05, 0) is 74.5 Å². The molecule has 2 amide bonds. The molecule has 1 aliphatic rings. The highest BCUT2D eigenvalue weighted by Crippen LogP contribution is 2.41. The van der Waals surface area contributed by atoms with Crippen molar-refractivity contribution in [3.8, 4) is 10.8 Å². The monoisotopic (exact) mass is 480 g/mol. The number of hydrogen-bond donors (Lipinski definition) is 2. The van der Waals surface area contributed by atoms with Crippen molar-refractivity contribution in [1.82, 2.24) is 14.8 Å². The Hall–Kier alpha value is -2.77. The second kappa shape index (κ2) is 10.7. The van der Waals surface area contributed by atoms with E-state index in [9.17, 15) is 4.79 Å². The number of rotatable bonds is 8. The molecule has 7 heteroatoms. The zero-order valence-corrected chi connectivity index (χ0v) is 21.7. The molecule has 3 aromatic rings. The minimum Gasteiger partial charge on any atom is -0.495 e. The van der Waals surface area contributed by atoms with Gasteiger partial charge in [0.25, 0.3) is 0 Å². The molecular formula is C27H36N4O2S. The van der Waals surface area contributed by atoms with E-state index < -0.39 is 0 Å². The van der Waals surface area contributed by atoms with E-state index in [1.807, 2.05) is 36.5 Å². The number of carbonyl (C=O) groups excluding carboxylic acids is 1. The van der Waals surface area contributed by atoms with Gasteiger partial charge in [0, 0.05) is 35.9 Å². The third-order valence-corrected chi connectivity index (χ3v) is 7.64. The van der Waals surface area contributed by atoms with Crippen LogP contribution in [0.1, 0.15) is 54.3 Å².